The Balaban J connectivity index is 1.46. The van der Waals surface area contributed by atoms with Crippen LogP contribution in [0.15, 0.2) is 30.5 Å². The van der Waals surface area contributed by atoms with Crippen LogP contribution in [0.2, 0.25) is 5.02 Å². The molecule has 2 fully saturated rings. The molecule has 4 heterocycles. The number of fused-ring (bicyclic) bond motifs is 1. The van der Waals surface area contributed by atoms with E-state index in [0.717, 1.165) is 43.7 Å². The van der Waals surface area contributed by atoms with Crippen molar-refractivity contribution in [3.8, 4) is 0 Å². The Morgan fingerprint density at radius 2 is 2.03 bits per heavy atom. The average Bonchev–Trinajstić information content (AvgIpc) is 3.55. The lowest BCUT2D eigenvalue weighted by molar-refractivity contribution is -0.126. The van der Waals surface area contributed by atoms with Gasteiger partial charge in [0.2, 0.25) is 0 Å². The lowest BCUT2D eigenvalue weighted by Crippen LogP contribution is -2.39. The largest absolute Gasteiger partial charge is 0.356 e. The van der Waals surface area contributed by atoms with E-state index in [2.05, 4.69) is 10.2 Å². The number of hydrogen-bond acceptors (Lipinski definition) is 6. The van der Waals surface area contributed by atoms with Gasteiger partial charge in [-0.15, -0.1) is 0 Å². The molecule has 0 spiro atoms. The summed E-state index contributed by atoms with van der Waals surface area (Å²) in [5.74, 6) is -0.822. The van der Waals surface area contributed by atoms with Gasteiger partial charge >= 0.3 is 6.43 Å². The lowest BCUT2D eigenvalue weighted by atomic mass is 9.98. The van der Waals surface area contributed by atoms with E-state index in [0.29, 0.717) is 24.3 Å². The molecule has 2 amide bonds. The third-order valence-corrected chi connectivity index (χ3v) is 7.39. The van der Waals surface area contributed by atoms with E-state index in [1.54, 1.807) is 9.42 Å². The van der Waals surface area contributed by atoms with Crippen LogP contribution in [-0.4, -0.2) is 63.6 Å². The fraction of sp³-hybridized carbons (Fsp3) is 0.423. The predicted octanol–water partition coefficient (Wildman–Crippen LogP) is 4.74. The molecule has 2 aliphatic heterocycles. The van der Waals surface area contributed by atoms with Gasteiger partial charge in [0.1, 0.15) is 5.82 Å². The molecule has 2 N–H and O–H groups in total. The SMILES string of the molecule is Cc1cn2nc([C@@H]3CCCCN3C(=O)c3cc(Cl)ccc3NC(=O)C(F)F)cc2nc1N1CCC(C=N)C1. The normalized spacial score (nSPS) is 19.8. The number of carbonyl (C=O) groups excluding carboxylic acids is 2. The van der Waals surface area contributed by atoms with Crippen LogP contribution >= 0.6 is 11.6 Å². The van der Waals surface area contributed by atoms with Crippen molar-refractivity contribution in [2.24, 2.45) is 5.92 Å². The summed E-state index contributed by atoms with van der Waals surface area (Å²) in [5.41, 5.74) is 2.34. The van der Waals surface area contributed by atoms with Gasteiger partial charge in [-0.05, 0) is 50.8 Å². The minimum Gasteiger partial charge on any atom is -0.356 e. The molecule has 1 aromatic carbocycles. The Bertz CT molecular complexity index is 1400. The first-order valence-electron chi connectivity index (χ1n) is 12.6. The minimum absolute atomic E-state index is 0.0141. The minimum atomic E-state index is -3.22. The number of carbonyl (C=O) groups is 2. The van der Waals surface area contributed by atoms with Crippen LogP contribution in [0, 0.1) is 18.3 Å². The highest BCUT2D eigenvalue weighted by Gasteiger charge is 2.33. The number of alkyl halides is 2. The van der Waals surface area contributed by atoms with E-state index >= 15 is 0 Å². The van der Waals surface area contributed by atoms with E-state index < -0.39 is 18.2 Å². The van der Waals surface area contributed by atoms with Gasteiger partial charge in [-0.1, -0.05) is 11.6 Å². The fourth-order valence-corrected chi connectivity index (χ4v) is 5.42. The van der Waals surface area contributed by atoms with Gasteiger partial charge in [0.25, 0.3) is 11.8 Å². The summed E-state index contributed by atoms with van der Waals surface area (Å²) >= 11 is 6.14. The van der Waals surface area contributed by atoms with Crippen molar-refractivity contribution in [3.05, 3.63) is 52.3 Å². The second kappa shape index (κ2) is 10.6. The van der Waals surface area contributed by atoms with E-state index in [4.69, 9.17) is 27.1 Å². The first-order chi connectivity index (χ1) is 18.2. The van der Waals surface area contributed by atoms with E-state index in [1.807, 2.05) is 19.2 Å². The standard InChI is InChI=1S/C26H28ClF2N7O2/c1-15-13-36-22(32-24(15)34-9-7-16(12-30)14-34)11-20(33-36)21-4-2-3-8-35(21)26(38)18-10-17(27)5-6-19(18)31-25(37)23(28)29/h5-6,10-13,16,21,23,30H,2-4,7-9,14H2,1H3,(H,31,37)/t16?,21-/m0/s1. The smallest absolute Gasteiger partial charge is 0.315 e. The van der Waals surface area contributed by atoms with Crippen LogP contribution in [0.1, 0.15) is 53.3 Å². The molecule has 2 aliphatic rings. The van der Waals surface area contributed by atoms with Gasteiger partial charge < -0.3 is 20.5 Å². The number of amides is 2. The third-order valence-electron chi connectivity index (χ3n) is 7.16. The highest BCUT2D eigenvalue weighted by Crippen LogP contribution is 2.34. The number of anilines is 2. The van der Waals surface area contributed by atoms with Gasteiger partial charge in [0.15, 0.2) is 5.65 Å². The number of benzene rings is 1. The summed E-state index contributed by atoms with van der Waals surface area (Å²) in [5, 5.41) is 14.7. The Morgan fingerprint density at radius 3 is 2.76 bits per heavy atom. The van der Waals surface area contributed by atoms with Gasteiger partial charge in [0, 0.05) is 54.6 Å². The monoisotopic (exact) mass is 543 g/mol. The van der Waals surface area contributed by atoms with Gasteiger partial charge in [0.05, 0.1) is 23.0 Å². The molecule has 12 heteroatoms. The zero-order valence-corrected chi connectivity index (χ0v) is 21.6. The number of aryl methyl sites for hydroxylation is 1. The van der Waals surface area contributed by atoms with Crippen molar-refractivity contribution in [3.63, 3.8) is 0 Å². The number of aromatic nitrogens is 3. The molecule has 1 unspecified atom stereocenters. The quantitative estimate of drug-likeness (QED) is 0.437. The van der Waals surface area contributed by atoms with Gasteiger partial charge in [-0.3, -0.25) is 9.59 Å². The fourth-order valence-electron chi connectivity index (χ4n) is 5.24. The first kappa shape index (κ1) is 26.0. The summed E-state index contributed by atoms with van der Waals surface area (Å²) in [6.07, 6.45) is 3.46. The highest BCUT2D eigenvalue weighted by molar-refractivity contribution is 6.31. The van der Waals surface area contributed by atoms with Crippen molar-refractivity contribution in [1.82, 2.24) is 19.5 Å². The zero-order chi connectivity index (χ0) is 27.0. The summed E-state index contributed by atoms with van der Waals surface area (Å²) in [7, 11) is 0. The number of likely N-dealkylation sites (tertiary alicyclic amines) is 1. The third kappa shape index (κ3) is 5.07. The van der Waals surface area contributed by atoms with Crippen LogP contribution < -0.4 is 10.2 Å². The molecular formula is C26H28ClF2N7O2. The second-order valence-corrected chi connectivity index (χ2v) is 10.2. The van der Waals surface area contributed by atoms with Crippen molar-refractivity contribution in [1.29, 1.82) is 5.41 Å². The maximum absolute atomic E-state index is 13.7. The first-order valence-corrected chi connectivity index (χ1v) is 12.9. The summed E-state index contributed by atoms with van der Waals surface area (Å²) < 4.78 is 27.5. The van der Waals surface area contributed by atoms with Crippen molar-refractivity contribution in [2.45, 2.75) is 45.1 Å². The van der Waals surface area contributed by atoms with Gasteiger partial charge in [-0.25, -0.2) is 9.50 Å². The molecule has 0 saturated carbocycles. The topological polar surface area (TPSA) is 107 Å². The maximum Gasteiger partial charge on any atom is 0.315 e. The van der Waals surface area contributed by atoms with E-state index in [9.17, 15) is 18.4 Å². The van der Waals surface area contributed by atoms with Crippen LogP contribution in [0.4, 0.5) is 20.3 Å². The highest BCUT2D eigenvalue weighted by atomic mass is 35.5. The molecule has 9 nitrogen and oxygen atoms in total. The maximum atomic E-state index is 13.7. The van der Waals surface area contributed by atoms with Crippen molar-refractivity contribution < 1.29 is 18.4 Å². The van der Waals surface area contributed by atoms with Crippen molar-refractivity contribution >= 4 is 46.8 Å². The molecule has 0 radical (unpaired) electrons. The Morgan fingerprint density at radius 1 is 1.21 bits per heavy atom. The van der Waals surface area contributed by atoms with Crippen LogP contribution in [0.5, 0.6) is 0 Å². The number of hydrogen-bond donors (Lipinski definition) is 2. The zero-order valence-electron chi connectivity index (χ0n) is 20.8. The molecular weight excluding hydrogens is 516 g/mol. The number of nitrogens with one attached hydrogen (secondary N) is 2. The Labute approximate surface area is 223 Å². The Hall–Kier alpha value is -3.60. The Kier molecular flexibility index (Phi) is 7.29. The van der Waals surface area contributed by atoms with E-state index in [-0.39, 0.29) is 28.2 Å². The predicted molar refractivity (Wildman–Crippen MR) is 141 cm³/mol. The molecule has 2 saturated heterocycles. The number of rotatable bonds is 6. The van der Waals surface area contributed by atoms with Crippen LogP contribution in [-0.2, 0) is 4.79 Å². The molecule has 0 aliphatic carbocycles. The van der Waals surface area contributed by atoms with Crippen LogP contribution in [0.3, 0.4) is 0 Å². The number of piperidine rings is 1. The average molecular weight is 544 g/mol. The molecule has 5 rings (SSSR count). The molecule has 38 heavy (non-hydrogen) atoms. The van der Waals surface area contributed by atoms with Crippen LogP contribution in [0.25, 0.3) is 5.65 Å². The molecule has 3 aromatic rings. The molecule has 200 valence electrons. The van der Waals surface area contributed by atoms with Crippen molar-refractivity contribution in [2.75, 3.05) is 29.9 Å². The molecule has 2 atom stereocenters. The number of nitrogens with zero attached hydrogens (tertiary/aromatic N) is 5. The summed E-state index contributed by atoms with van der Waals surface area (Å²) in [6.45, 7) is 4.01. The molecule has 0 bridgehead atoms. The second-order valence-electron chi connectivity index (χ2n) is 9.77. The molecule has 2 aromatic heterocycles. The lowest BCUT2D eigenvalue weighted by Gasteiger charge is -2.35. The summed E-state index contributed by atoms with van der Waals surface area (Å²) in [4.78, 5) is 34.1. The van der Waals surface area contributed by atoms with E-state index in [1.165, 1.54) is 24.4 Å². The number of halogens is 3. The van der Waals surface area contributed by atoms with Gasteiger partial charge in [-0.2, -0.15) is 13.9 Å². The summed E-state index contributed by atoms with van der Waals surface area (Å²) in [6, 6.07) is 5.70.